The largest absolute Gasteiger partial charge is 0.466 e. The molecule has 1 atom stereocenters. The van der Waals surface area contributed by atoms with Crippen LogP contribution in [0, 0.1) is 0 Å². The summed E-state index contributed by atoms with van der Waals surface area (Å²) in [5.41, 5.74) is 1.04. The number of amides is 1. The van der Waals surface area contributed by atoms with Crippen molar-refractivity contribution in [1.29, 1.82) is 0 Å². The van der Waals surface area contributed by atoms with Gasteiger partial charge in [0.1, 0.15) is 0 Å². The average molecular weight is 249 g/mol. The zero-order chi connectivity index (χ0) is 13.4. The molecule has 0 aromatic heterocycles. The highest BCUT2D eigenvalue weighted by Crippen LogP contribution is 2.11. The van der Waals surface area contributed by atoms with E-state index in [4.69, 9.17) is 4.74 Å². The first-order valence-electron chi connectivity index (χ1n) is 6.13. The van der Waals surface area contributed by atoms with Gasteiger partial charge >= 0.3 is 5.97 Å². The molecule has 0 saturated heterocycles. The maximum atomic E-state index is 11.6. The summed E-state index contributed by atoms with van der Waals surface area (Å²) < 4.78 is 4.76. The first-order valence-corrected chi connectivity index (χ1v) is 6.13. The molecule has 98 valence electrons. The van der Waals surface area contributed by atoms with Gasteiger partial charge in [-0.15, -0.1) is 0 Å². The molecule has 0 saturated carbocycles. The number of rotatable bonds is 6. The standard InChI is InChI=1S/C14H19NO3/c1-3-18-14(17)10-9-13(16)15-11(2)12-7-5-4-6-8-12/h4-8,11H,3,9-10H2,1-2H3,(H,15,16)/t11-/m1/s1. The maximum absolute atomic E-state index is 11.6. The van der Waals surface area contributed by atoms with Gasteiger partial charge in [-0.2, -0.15) is 0 Å². The van der Waals surface area contributed by atoms with E-state index in [9.17, 15) is 9.59 Å². The monoisotopic (exact) mass is 249 g/mol. The Kier molecular flexibility index (Phi) is 5.91. The van der Waals surface area contributed by atoms with E-state index in [1.165, 1.54) is 0 Å². The Labute approximate surface area is 107 Å². The van der Waals surface area contributed by atoms with Crippen LogP contribution in [0.5, 0.6) is 0 Å². The van der Waals surface area contributed by atoms with Gasteiger partial charge in [0.15, 0.2) is 0 Å². The zero-order valence-corrected chi connectivity index (χ0v) is 10.8. The van der Waals surface area contributed by atoms with E-state index in [1.54, 1.807) is 6.92 Å². The van der Waals surface area contributed by atoms with Crippen molar-refractivity contribution >= 4 is 11.9 Å². The molecule has 0 aliphatic rings. The van der Waals surface area contributed by atoms with Crippen LogP contribution in [-0.2, 0) is 14.3 Å². The molecule has 1 rings (SSSR count). The summed E-state index contributed by atoms with van der Waals surface area (Å²) in [7, 11) is 0. The smallest absolute Gasteiger partial charge is 0.306 e. The number of carbonyl (C=O) groups excluding carboxylic acids is 2. The first-order chi connectivity index (χ1) is 8.63. The topological polar surface area (TPSA) is 55.4 Å². The van der Waals surface area contributed by atoms with Crippen molar-refractivity contribution < 1.29 is 14.3 Å². The number of benzene rings is 1. The van der Waals surface area contributed by atoms with E-state index in [2.05, 4.69) is 5.32 Å². The van der Waals surface area contributed by atoms with Crippen LogP contribution in [0.3, 0.4) is 0 Å². The van der Waals surface area contributed by atoms with Gasteiger partial charge in [0.05, 0.1) is 19.1 Å². The number of hydrogen-bond donors (Lipinski definition) is 1. The third-order valence-corrected chi connectivity index (χ3v) is 2.54. The van der Waals surface area contributed by atoms with Gasteiger partial charge in [-0.1, -0.05) is 30.3 Å². The molecule has 0 radical (unpaired) electrons. The highest BCUT2D eigenvalue weighted by molar-refractivity contribution is 5.81. The molecule has 1 N–H and O–H groups in total. The lowest BCUT2D eigenvalue weighted by atomic mass is 10.1. The Hall–Kier alpha value is -1.84. The molecule has 0 aliphatic heterocycles. The van der Waals surface area contributed by atoms with Gasteiger partial charge in [-0.3, -0.25) is 9.59 Å². The Morgan fingerprint density at radius 3 is 2.50 bits per heavy atom. The second kappa shape index (κ2) is 7.48. The summed E-state index contributed by atoms with van der Waals surface area (Å²) in [5, 5.41) is 2.85. The predicted octanol–water partition coefficient (Wildman–Crippen LogP) is 2.21. The van der Waals surface area contributed by atoms with Gasteiger partial charge in [0, 0.05) is 6.42 Å². The number of ether oxygens (including phenoxy) is 1. The fourth-order valence-electron chi connectivity index (χ4n) is 1.59. The Morgan fingerprint density at radius 2 is 1.89 bits per heavy atom. The minimum atomic E-state index is -0.333. The van der Waals surface area contributed by atoms with Crippen LogP contribution in [0.15, 0.2) is 30.3 Å². The van der Waals surface area contributed by atoms with Crippen molar-refractivity contribution in [3.05, 3.63) is 35.9 Å². The van der Waals surface area contributed by atoms with Crippen molar-refractivity contribution in [1.82, 2.24) is 5.32 Å². The molecule has 0 aliphatic carbocycles. The zero-order valence-electron chi connectivity index (χ0n) is 10.8. The van der Waals surface area contributed by atoms with E-state index in [0.717, 1.165) is 5.56 Å². The normalized spacial score (nSPS) is 11.7. The predicted molar refractivity (Wildman–Crippen MR) is 68.9 cm³/mol. The Balaban J connectivity index is 2.34. The van der Waals surface area contributed by atoms with Crippen LogP contribution in [-0.4, -0.2) is 18.5 Å². The number of carbonyl (C=O) groups is 2. The molecule has 0 unspecified atom stereocenters. The minimum Gasteiger partial charge on any atom is -0.466 e. The van der Waals surface area contributed by atoms with E-state index in [1.807, 2.05) is 37.3 Å². The van der Waals surface area contributed by atoms with Crippen molar-refractivity contribution in [2.45, 2.75) is 32.7 Å². The maximum Gasteiger partial charge on any atom is 0.306 e. The second-order valence-corrected chi connectivity index (χ2v) is 4.00. The van der Waals surface area contributed by atoms with Crippen LogP contribution in [0.2, 0.25) is 0 Å². The third-order valence-electron chi connectivity index (χ3n) is 2.54. The highest BCUT2D eigenvalue weighted by Gasteiger charge is 2.11. The lowest BCUT2D eigenvalue weighted by Crippen LogP contribution is -2.27. The lowest BCUT2D eigenvalue weighted by Gasteiger charge is -2.13. The summed E-state index contributed by atoms with van der Waals surface area (Å²) in [6, 6.07) is 9.64. The van der Waals surface area contributed by atoms with Crippen LogP contribution < -0.4 is 5.32 Å². The SMILES string of the molecule is CCOC(=O)CCC(=O)N[C@H](C)c1ccccc1. The third kappa shape index (κ3) is 4.99. The van der Waals surface area contributed by atoms with Crippen LogP contribution >= 0.6 is 0 Å². The Bertz CT molecular complexity index is 389. The fraction of sp³-hybridized carbons (Fsp3) is 0.429. The summed E-state index contributed by atoms with van der Waals surface area (Å²) >= 11 is 0. The Morgan fingerprint density at radius 1 is 1.22 bits per heavy atom. The first kappa shape index (κ1) is 14.2. The summed E-state index contributed by atoms with van der Waals surface area (Å²) in [4.78, 5) is 22.7. The van der Waals surface area contributed by atoms with Crippen molar-refractivity contribution in [3.8, 4) is 0 Å². The van der Waals surface area contributed by atoms with E-state index < -0.39 is 0 Å². The highest BCUT2D eigenvalue weighted by atomic mass is 16.5. The summed E-state index contributed by atoms with van der Waals surface area (Å²) in [6.45, 7) is 4.01. The van der Waals surface area contributed by atoms with Crippen LogP contribution in [0.1, 0.15) is 38.3 Å². The quantitative estimate of drug-likeness (QED) is 0.786. The van der Waals surface area contributed by atoms with E-state index >= 15 is 0 Å². The lowest BCUT2D eigenvalue weighted by molar-refractivity contribution is -0.144. The van der Waals surface area contributed by atoms with Crippen LogP contribution in [0.25, 0.3) is 0 Å². The van der Waals surface area contributed by atoms with E-state index in [-0.39, 0.29) is 30.8 Å². The van der Waals surface area contributed by atoms with Gasteiger partial charge in [-0.05, 0) is 19.4 Å². The molecule has 4 nitrogen and oxygen atoms in total. The van der Waals surface area contributed by atoms with Gasteiger partial charge in [0.25, 0.3) is 0 Å². The van der Waals surface area contributed by atoms with Crippen molar-refractivity contribution in [3.63, 3.8) is 0 Å². The number of hydrogen-bond acceptors (Lipinski definition) is 3. The number of esters is 1. The number of nitrogens with one attached hydrogen (secondary N) is 1. The van der Waals surface area contributed by atoms with Gasteiger partial charge in [-0.25, -0.2) is 0 Å². The second-order valence-electron chi connectivity index (χ2n) is 4.00. The molecular weight excluding hydrogens is 230 g/mol. The molecule has 0 fully saturated rings. The molecular formula is C14H19NO3. The van der Waals surface area contributed by atoms with Crippen LogP contribution in [0.4, 0.5) is 0 Å². The van der Waals surface area contributed by atoms with Crippen molar-refractivity contribution in [2.24, 2.45) is 0 Å². The average Bonchev–Trinajstić information content (AvgIpc) is 2.38. The molecule has 1 aromatic rings. The van der Waals surface area contributed by atoms with Gasteiger partial charge < -0.3 is 10.1 Å². The van der Waals surface area contributed by atoms with E-state index in [0.29, 0.717) is 6.61 Å². The minimum absolute atomic E-state index is 0.0547. The van der Waals surface area contributed by atoms with Gasteiger partial charge in [0.2, 0.25) is 5.91 Å². The molecule has 1 aromatic carbocycles. The van der Waals surface area contributed by atoms with Crippen molar-refractivity contribution in [2.75, 3.05) is 6.61 Å². The molecule has 4 heteroatoms. The summed E-state index contributed by atoms with van der Waals surface area (Å²) in [6.07, 6.45) is 0.289. The molecule has 0 spiro atoms. The molecule has 18 heavy (non-hydrogen) atoms. The molecule has 0 bridgehead atoms. The fourth-order valence-corrected chi connectivity index (χ4v) is 1.59. The molecule has 0 heterocycles. The summed E-state index contributed by atoms with van der Waals surface area (Å²) in [5.74, 6) is -0.473. The molecule has 1 amide bonds.